The van der Waals surface area contributed by atoms with Gasteiger partial charge in [-0.1, -0.05) is 6.92 Å². The first kappa shape index (κ1) is 12.8. The molecule has 4 nitrogen and oxygen atoms in total. The van der Waals surface area contributed by atoms with Gasteiger partial charge in [-0.25, -0.2) is 0 Å². The summed E-state index contributed by atoms with van der Waals surface area (Å²) in [5, 5.41) is 18.0. The Morgan fingerprint density at radius 2 is 2.00 bits per heavy atom. The Bertz CT molecular complexity index is 140. The van der Waals surface area contributed by atoms with Gasteiger partial charge in [-0.3, -0.25) is 4.90 Å². The van der Waals surface area contributed by atoms with Crippen molar-refractivity contribution in [3.05, 3.63) is 0 Å². The largest absolute Gasteiger partial charge is 0.394 e. The minimum absolute atomic E-state index is 0.120. The number of β-amino-alcohol motifs (C(OH)–C–C–N with tert-alkyl or cyclic N) is 1. The summed E-state index contributed by atoms with van der Waals surface area (Å²) in [6, 6.07) is 0. The maximum Gasteiger partial charge on any atom is 0.0897 e. The minimum Gasteiger partial charge on any atom is -0.394 e. The van der Waals surface area contributed by atoms with E-state index in [0.717, 1.165) is 6.54 Å². The van der Waals surface area contributed by atoms with Crippen molar-refractivity contribution < 1.29 is 10.2 Å². The van der Waals surface area contributed by atoms with Crippen LogP contribution in [0.3, 0.4) is 0 Å². The molecule has 1 unspecified atom stereocenters. The number of rotatable bonds is 6. The molecule has 0 aromatic carbocycles. The molecule has 0 aliphatic heterocycles. The second-order valence-electron chi connectivity index (χ2n) is 3.89. The zero-order chi connectivity index (χ0) is 10.5. The van der Waals surface area contributed by atoms with Crippen LogP contribution in [0.25, 0.3) is 0 Å². The van der Waals surface area contributed by atoms with E-state index in [9.17, 15) is 5.11 Å². The van der Waals surface area contributed by atoms with Crippen LogP contribution in [0.15, 0.2) is 0 Å². The minimum atomic E-state index is -0.675. The highest BCUT2D eigenvalue weighted by molar-refractivity contribution is 4.83. The summed E-state index contributed by atoms with van der Waals surface area (Å²) in [4.78, 5) is 2.06. The molecule has 0 heterocycles. The molecule has 13 heavy (non-hydrogen) atoms. The van der Waals surface area contributed by atoms with E-state index in [2.05, 4.69) is 4.90 Å². The molecule has 0 spiro atoms. The lowest BCUT2D eigenvalue weighted by Gasteiger charge is -2.37. The third kappa shape index (κ3) is 4.04. The van der Waals surface area contributed by atoms with Crippen molar-refractivity contribution in [1.29, 1.82) is 0 Å². The van der Waals surface area contributed by atoms with Gasteiger partial charge in [-0.05, 0) is 20.4 Å². The number of hydrogen-bond acceptors (Lipinski definition) is 4. The SMILES string of the molecule is CCN(CC(O)CO)C(C)(C)CN. The van der Waals surface area contributed by atoms with E-state index in [1.54, 1.807) is 0 Å². The Morgan fingerprint density at radius 3 is 2.31 bits per heavy atom. The molecule has 0 rings (SSSR count). The van der Waals surface area contributed by atoms with Crippen molar-refractivity contribution in [3.8, 4) is 0 Å². The predicted octanol–water partition coefficient (Wildman–Crippen LogP) is -0.601. The van der Waals surface area contributed by atoms with E-state index in [1.807, 2.05) is 20.8 Å². The van der Waals surface area contributed by atoms with Crippen LogP contribution in [0.2, 0.25) is 0 Å². The van der Waals surface area contributed by atoms with Crippen LogP contribution in [0, 0.1) is 0 Å². The van der Waals surface area contributed by atoms with Gasteiger partial charge < -0.3 is 15.9 Å². The highest BCUT2D eigenvalue weighted by Gasteiger charge is 2.25. The van der Waals surface area contributed by atoms with Crippen LogP contribution in [0.5, 0.6) is 0 Å². The highest BCUT2D eigenvalue weighted by atomic mass is 16.3. The van der Waals surface area contributed by atoms with E-state index in [-0.39, 0.29) is 12.1 Å². The normalized spacial score (nSPS) is 15.0. The Morgan fingerprint density at radius 1 is 1.46 bits per heavy atom. The van der Waals surface area contributed by atoms with Crippen molar-refractivity contribution in [2.45, 2.75) is 32.4 Å². The standard InChI is InChI=1S/C9H22N2O2/c1-4-11(5-8(13)6-12)9(2,3)7-10/h8,12-13H,4-7,10H2,1-3H3. The maximum atomic E-state index is 9.29. The summed E-state index contributed by atoms with van der Waals surface area (Å²) in [5.41, 5.74) is 5.49. The zero-order valence-corrected chi connectivity index (χ0v) is 8.82. The Balaban J connectivity index is 4.17. The first-order valence-corrected chi connectivity index (χ1v) is 4.72. The van der Waals surface area contributed by atoms with Gasteiger partial charge in [0.1, 0.15) is 0 Å². The third-order valence-corrected chi connectivity index (χ3v) is 2.38. The van der Waals surface area contributed by atoms with Crippen molar-refractivity contribution in [2.24, 2.45) is 5.73 Å². The molecule has 80 valence electrons. The van der Waals surface area contributed by atoms with Crippen LogP contribution in [-0.2, 0) is 0 Å². The Hall–Kier alpha value is -0.160. The van der Waals surface area contributed by atoms with Crippen LogP contribution in [0.1, 0.15) is 20.8 Å². The van der Waals surface area contributed by atoms with Gasteiger partial charge in [0.15, 0.2) is 0 Å². The average molecular weight is 190 g/mol. The highest BCUT2D eigenvalue weighted by Crippen LogP contribution is 2.12. The number of nitrogens with zero attached hydrogens (tertiary/aromatic N) is 1. The van der Waals surface area contributed by atoms with E-state index in [4.69, 9.17) is 10.8 Å². The molecule has 0 radical (unpaired) electrons. The van der Waals surface area contributed by atoms with Gasteiger partial charge in [0, 0.05) is 18.6 Å². The van der Waals surface area contributed by atoms with Crippen molar-refractivity contribution >= 4 is 0 Å². The summed E-state index contributed by atoms with van der Waals surface area (Å²) < 4.78 is 0. The van der Waals surface area contributed by atoms with Gasteiger partial charge in [-0.2, -0.15) is 0 Å². The quantitative estimate of drug-likeness (QED) is 0.523. The molecule has 0 bridgehead atoms. The maximum absolute atomic E-state index is 9.29. The molecule has 0 aromatic heterocycles. The molecule has 1 atom stereocenters. The number of hydrogen-bond donors (Lipinski definition) is 3. The molecular weight excluding hydrogens is 168 g/mol. The van der Waals surface area contributed by atoms with Crippen molar-refractivity contribution in [3.63, 3.8) is 0 Å². The fourth-order valence-corrected chi connectivity index (χ4v) is 1.25. The van der Waals surface area contributed by atoms with E-state index in [1.165, 1.54) is 0 Å². The number of aliphatic hydroxyl groups excluding tert-OH is 2. The Kier molecular flexibility index (Phi) is 5.48. The fourth-order valence-electron chi connectivity index (χ4n) is 1.25. The molecule has 0 aromatic rings. The van der Waals surface area contributed by atoms with E-state index >= 15 is 0 Å². The van der Waals surface area contributed by atoms with Gasteiger partial charge in [-0.15, -0.1) is 0 Å². The fraction of sp³-hybridized carbons (Fsp3) is 1.00. The summed E-state index contributed by atoms with van der Waals surface area (Å²) in [6.45, 7) is 7.71. The lowest BCUT2D eigenvalue weighted by atomic mass is 10.0. The average Bonchev–Trinajstić information content (AvgIpc) is 2.13. The lowest BCUT2D eigenvalue weighted by molar-refractivity contribution is 0.0268. The zero-order valence-electron chi connectivity index (χ0n) is 8.82. The molecule has 4 heteroatoms. The summed E-state index contributed by atoms with van der Waals surface area (Å²) >= 11 is 0. The monoisotopic (exact) mass is 190 g/mol. The summed E-state index contributed by atoms with van der Waals surface area (Å²) in [6.07, 6.45) is -0.675. The van der Waals surface area contributed by atoms with Crippen molar-refractivity contribution in [2.75, 3.05) is 26.2 Å². The van der Waals surface area contributed by atoms with Crippen LogP contribution < -0.4 is 5.73 Å². The number of nitrogens with two attached hydrogens (primary N) is 1. The second kappa shape index (κ2) is 5.54. The molecular formula is C9H22N2O2. The number of aliphatic hydroxyl groups is 2. The number of likely N-dealkylation sites (N-methyl/N-ethyl adjacent to an activating group) is 1. The van der Waals surface area contributed by atoms with E-state index < -0.39 is 6.10 Å². The summed E-state index contributed by atoms with van der Waals surface area (Å²) in [7, 11) is 0. The predicted molar refractivity (Wildman–Crippen MR) is 53.5 cm³/mol. The molecule has 0 fully saturated rings. The lowest BCUT2D eigenvalue weighted by Crippen LogP contribution is -2.52. The van der Waals surface area contributed by atoms with Gasteiger partial charge in [0.25, 0.3) is 0 Å². The molecule has 0 aliphatic carbocycles. The van der Waals surface area contributed by atoms with Crippen LogP contribution in [0.4, 0.5) is 0 Å². The second-order valence-corrected chi connectivity index (χ2v) is 3.89. The molecule has 0 saturated heterocycles. The van der Waals surface area contributed by atoms with E-state index in [0.29, 0.717) is 13.1 Å². The summed E-state index contributed by atoms with van der Waals surface area (Å²) in [5.74, 6) is 0. The van der Waals surface area contributed by atoms with Crippen LogP contribution >= 0.6 is 0 Å². The first-order chi connectivity index (χ1) is 5.97. The molecule has 0 saturated carbocycles. The van der Waals surface area contributed by atoms with Crippen LogP contribution in [-0.4, -0.2) is 53.0 Å². The van der Waals surface area contributed by atoms with Gasteiger partial charge in [0.05, 0.1) is 12.7 Å². The molecule has 0 amide bonds. The molecule has 0 aliphatic rings. The Labute approximate surface area is 80.3 Å². The topological polar surface area (TPSA) is 69.7 Å². The van der Waals surface area contributed by atoms with Gasteiger partial charge in [0.2, 0.25) is 0 Å². The first-order valence-electron chi connectivity index (χ1n) is 4.72. The smallest absolute Gasteiger partial charge is 0.0897 e. The van der Waals surface area contributed by atoms with Crippen molar-refractivity contribution in [1.82, 2.24) is 4.90 Å². The third-order valence-electron chi connectivity index (χ3n) is 2.38. The molecule has 4 N–H and O–H groups in total. The van der Waals surface area contributed by atoms with Gasteiger partial charge >= 0.3 is 0 Å².